The van der Waals surface area contributed by atoms with Crippen molar-refractivity contribution in [2.45, 2.75) is 58.0 Å². The second-order valence-electron chi connectivity index (χ2n) is 8.26. The normalized spacial score (nSPS) is 12.7. The van der Waals surface area contributed by atoms with Crippen molar-refractivity contribution < 1.29 is 41.0 Å². The van der Waals surface area contributed by atoms with E-state index in [9.17, 15) is 31.5 Å². The van der Waals surface area contributed by atoms with Crippen LogP contribution in [0.2, 0.25) is 0 Å². The van der Waals surface area contributed by atoms with Crippen LogP contribution in [-0.4, -0.2) is 23.7 Å². The maximum atomic E-state index is 13.8. The summed E-state index contributed by atoms with van der Waals surface area (Å²) in [5.74, 6) is -4.35. The van der Waals surface area contributed by atoms with Gasteiger partial charge >= 0.3 is 18.2 Å². The lowest BCUT2D eigenvalue weighted by molar-refractivity contribution is -0.157. The highest BCUT2D eigenvalue weighted by molar-refractivity contribution is 5.81. The molecule has 0 fully saturated rings. The fraction of sp³-hybridized carbons (Fsp3) is 0.391. The number of rotatable bonds is 7. The molecule has 1 N–H and O–H groups in total. The van der Waals surface area contributed by atoms with E-state index in [0.717, 1.165) is 0 Å². The highest BCUT2D eigenvalue weighted by Gasteiger charge is 2.38. The molecule has 2 aromatic carbocycles. The van der Waals surface area contributed by atoms with Gasteiger partial charge in [0, 0.05) is 0 Å². The molecule has 5 nitrogen and oxygen atoms in total. The maximum absolute atomic E-state index is 13.8. The van der Waals surface area contributed by atoms with Crippen LogP contribution in [0.4, 0.5) is 26.7 Å². The number of hydrogen-bond donors (Lipinski definition) is 1. The van der Waals surface area contributed by atoms with E-state index in [1.54, 1.807) is 51.1 Å². The van der Waals surface area contributed by atoms with Gasteiger partial charge in [0.25, 0.3) is 0 Å². The van der Waals surface area contributed by atoms with Crippen molar-refractivity contribution in [2.24, 2.45) is 0 Å². The smallest absolute Gasteiger partial charge is 0.422 e. The van der Waals surface area contributed by atoms with Gasteiger partial charge in [0.05, 0.1) is 0 Å². The number of ether oxygens (including phenoxy) is 2. The third-order valence-corrected chi connectivity index (χ3v) is 4.30. The van der Waals surface area contributed by atoms with E-state index in [0.29, 0.717) is 17.7 Å². The molecular weight excluding hydrogens is 449 g/mol. The van der Waals surface area contributed by atoms with Crippen molar-refractivity contribution in [3.8, 4) is 0 Å². The molecule has 0 aliphatic heterocycles. The molecular formula is C23H24F5NO4. The summed E-state index contributed by atoms with van der Waals surface area (Å²) in [6.45, 7) is 4.76. The topological polar surface area (TPSA) is 64.6 Å². The zero-order chi connectivity index (χ0) is 24.8. The quantitative estimate of drug-likeness (QED) is 0.423. The summed E-state index contributed by atoms with van der Waals surface area (Å²) in [4.78, 5) is 24.7. The SMILES string of the molecule is CC(C)(C)OC(=O)[C@H](CCc1cc(F)c(C(F)(F)F)c(F)c1)NC(=O)OCc1ccccc1. The van der Waals surface area contributed by atoms with Crippen LogP contribution in [0.5, 0.6) is 0 Å². The lowest BCUT2D eigenvalue weighted by atomic mass is 10.0. The maximum Gasteiger partial charge on any atom is 0.422 e. The Kier molecular flexibility index (Phi) is 8.40. The number of benzene rings is 2. The van der Waals surface area contributed by atoms with E-state index in [-0.39, 0.29) is 25.0 Å². The van der Waals surface area contributed by atoms with Crippen molar-refractivity contribution >= 4 is 12.1 Å². The fourth-order valence-corrected chi connectivity index (χ4v) is 2.88. The summed E-state index contributed by atoms with van der Waals surface area (Å²) in [6, 6.07) is 8.58. The average Bonchev–Trinajstić information content (AvgIpc) is 2.67. The fourth-order valence-electron chi connectivity index (χ4n) is 2.88. The van der Waals surface area contributed by atoms with E-state index >= 15 is 0 Å². The van der Waals surface area contributed by atoms with Gasteiger partial charge in [-0.15, -0.1) is 0 Å². The zero-order valence-electron chi connectivity index (χ0n) is 18.3. The van der Waals surface area contributed by atoms with E-state index in [1.807, 2.05) is 0 Å². The number of amides is 1. The Hall–Kier alpha value is -3.17. The monoisotopic (exact) mass is 473 g/mol. The molecule has 33 heavy (non-hydrogen) atoms. The molecule has 0 bridgehead atoms. The average molecular weight is 473 g/mol. The first-order valence-corrected chi connectivity index (χ1v) is 10.0. The van der Waals surface area contributed by atoms with Crippen molar-refractivity contribution in [1.82, 2.24) is 5.32 Å². The van der Waals surface area contributed by atoms with E-state index < -0.39 is 47.1 Å². The van der Waals surface area contributed by atoms with Gasteiger partial charge in [-0.2, -0.15) is 13.2 Å². The predicted octanol–water partition coefficient (Wildman–Crippen LogP) is 5.55. The van der Waals surface area contributed by atoms with Gasteiger partial charge in [0.15, 0.2) is 0 Å². The predicted molar refractivity (Wildman–Crippen MR) is 109 cm³/mol. The lowest BCUT2D eigenvalue weighted by Crippen LogP contribution is -2.44. The zero-order valence-corrected chi connectivity index (χ0v) is 18.3. The van der Waals surface area contributed by atoms with Gasteiger partial charge in [-0.3, -0.25) is 0 Å². The number of nitrogens with one attached hydrogen (secondary N) is 1. The first-order chi connectivity index (χ1) is 15.3. The van der Waals surface area contributed by atoms with Crippen molar-refractivity contribution in [3.63, 3.8) is 0 Å². The van der Waals surface area contributed by atoms with Gasteiger partial charge in [-0.1, -0.05) is 30.3 Å². The minimum Gasteiger partial charge on any atom is -0.458 e. The molecule has 0 saturated heterocycles. The highest BCUT2D eigenvalue weighted by Crippen LogP contribution is 2.34. The second kappa shape index (κ2) is 10.6. The van der Waals surface area contributed by atoms with Gasteiger partial charge in [-0.05, 0) is 56.9 Å². The van der Waals surface area contributed by atoms with E-state index in [2.05, 4.69) is 5.32 Å². The Labute approximate surface area is 187 Å². The number of alkyl carbamates (subject to hydrolysis) is 1. The van der Waals surface area contributed by atoms with Crippen LogP contribution in [-0.2, 0) is 33.5 Å². The van der Waals surface area contributed by atoms with Crippen LogP contribution < -0.4 is 5.32 Å². The van der Waals surface area contributed by atoms with Gasteiger partial charge in [0.2, 0.25) is 0 Å². The number of halogens is 5. The molecule has 1 amide bonds. The number of hydrogen-bond acceptors (Lipinski definition) is 4. The van der Waals surface area contributed by atoms with Crippen molar-refractivity contribution in [3.05, 3.63) is 70.8 Å². The van der Waals surface area contributed by atoms with Gasteiger partial charge in [-0.25, -0.2) is 18.4 Å². The Morgan fingerprint density at radius 2 is 1.55 bits per heavy atom. The largest absolute Gasteiger partial charge is 0.458 e. The number of carbonyl (C=O) groups is 2. The lowest BCUT2D eigenvalue weighted by Gasteiger charge is -2.24. The summed E-state index contributed by atoms with van der Waals surface area (Å²) < 4.78 is 76.3. The Morgan fingerprint density at radius 3 is 2.06 bits per heavy atom. The Bertz CT molecular complexity index is 948. The summed E-state index contributed by atoms with van der Waals surface area (Å²) in [6.07, 6.45) is -6.52. The Balaban J connectivity index is 2.10. The van der Waals surface area contributed by atoms with Crippen LogP contribution >= 0.6 is 0 Å². The summed E-state index contributed by atoms with van der Waals surface area (Å²) in [5.41, 5.74) is -2.29. The molecule has 0 unspecified atom stereocenters. The number of carbonyl (C=O) groups excluding carboxylic acids is 2. The minimum atomic E-state index is -5.18. The van der Waals surface area contributed by atoms with Gasteiger partial charge < -0.3 is 14.8 Å². The number of alkyl halides is 3. The van der Waals surface area contributed by atoms with Crippen molar-refractivity contribution in [1.29, 1.82) is 0 Å². The molecule has 10 heteroatoms. The molecule has 0 radical (unpaired) electrons. The molecule has 2 aromatic rings. The highest BCUT2D eigenvalue weighted by atomic mass is 19.4. The molecule has 0 aromatic heterocycles. The third kappa shape index (κ3) is 8.36. The molecule has 180 valence electrons. The number of esters is 1. The number of aryl methyl sites for hydroxylation is 1. The Morgan fingerprint density at radius 1 is 0.970 bits per heavy atom. The van der Waals surface area contributed by atoms with Crippen molar-refractivity contribution in [2.75, 3.05) is 0 Å². The summed E-state index contributed by atoms with van der Waals surface area (Å²) >= 11 is 0. The molecule has 1 atom stereocenters. The first-order valence-electron chi connectivity index (χ1n) is 10.0. The first kappa shape index (κ1) is 26.1. The van der Waals surface area contributed by atoms with E-state index in [1.165, 1.54) is 0 Å². The molecule has 0 aliphatic rings. The summed E-state index contributed by atoms with van der Waals surface area (Å²) in [7, 11) is 0. The standard InChI is InChI=1S/C23H24F5NO4/c1-22(2,3)33-20(30)18(29-21(31)32-13-14-7-5-4-6-8-14)10-9-15-11-16(24)19(17(25)12-15)23(26,27)28/h4-8,11-12,18H,9-10,13H2,1-3H3,(H,29,31)/t18-/m0/s1. The molecule has 0 spiro atoms. The second-order valence-corrected chi connectivity index (χ2v) is 8.26. The molecule has 0 aliphatic carbocycles. The molecule has 2 rings (SSSR count). The van der Waals surface area contributed by atoms with Crippen LogP contribution in [0.15, 0.2) is 42.5 Å². The molecule has 0 saturated carbocycles. The van der Waals surface area contributed by atoms with E-state index in [4.69, 9.17) is 9.47 Å². The van der Waals surface area contributed by atoms with Crippen LogP contribution in [0.1, 0.15) is 43.9 Å². The van der Waals surface area contributed by atoms with Crippen LogP contribution in [0, 0.1) is 11.6 Å². The van der Waals surface area contributed by atoms with Gasteiger partial charge in [0.1, 0.15) is 35.4 Å². The van der Waals surface area contributed by atoms with Crippen LogP contribution in [0.25, 0.3) is 0 Å². The summed E-state index contributed by atoms with van der Waals surface area (Å²) in [5, 5.41) is 2.34. The third-order valence-electron chi connectivity index (χ3n) is 4.30. The minimum absolute atomic E-state index is 0.0664. The molecule has 0 heterocycles. The van der Waals surface area contributed by atoms with Crippen LogP contribution in [0.3, 0.4) is 0 Å².